The number of carbonyl (C=O) groups is 1. The fourth-order valence-corrected chi connectivity index (χ4v) is 3.38. The van der Waals surface area contributed by atoms with E-state index in [1.165, 1.54) is 18.2 Å². The number of halogens is 1. The second-order valence-corrected chi connectivity index (χ2v) is 6.25. The minimum absolute atomic E-state index is 0.0830. The van der Waals surface area contributed by atoms with Crippen LogP contribution in [-0.2, 0) is 10.8 Å². The Morgan fingerprint density at radius 2 is 2.06 bits per heavy atom. The number of amides is 1. The highest BCUT2D eigenvalue weighted by atomic mass is 32.2. The summed E-state index contributed by atoms with van der Waals surface area (Å²) in [7, 11) is -0.729. The van der Waals surface area contributed by atoms with Gasteiger partial charge in [0.05, 0.1) is 0 Å². The summed E-state index contributed by atoms with van der Waals surface area (Å²) in [5.41, 5.74) is 1.13. The molecule has 0 radical (unpaired) electrons. The monoisotopic (exact) mass is 269 g/mol. The summed E-state index contributed by atoms with van der Waals surface area (Å²) in [6.07, 6.45) is 1.50. The highest BCUT2D eigenvalue weighted by Crippen LogP contribution is 2.13. The fraction of sp³-hybridized carbons (Fsp3) is 0.462. The Bertz CT molecular complexity index is 480. The van der Waals surface area contributed by atoms with Gasteiger partial charge < -0.3 is 5.32 Å². The average molecular weight is 269 g/mol. The van der Waals surface area contributed by atoms with E-state index in [2.05, 4.69) is 5.32 Å². The first-order valence-corrected chi connectivity index (χ1v) is 7.47. The smallest absolute Gasteiger partial charge is 0.251 e. The van der Waals surface area contributed by atoms with Crippen LogP contribution in [0.15, 0.2) is 18.2 Å². The van der Waals surface area contributed by atoms with Crippen molar-refractivity contribution < 1.29 is 13.4 Å². The molecule has 1 aliphatic rings. The molecule has 1 aromatic rings. The molecule has 18 heavy (non-hydrogen) atoms. The van der Waals surface area contributed by atoms with Crippen molar-refractivity contribution in [2.45, 2.75) is 25.8 Å². The summed E-state index contributed by atoms with van der Waals surface area (Å²) in [6, 6.07) is 4.23. The molecule has 2 rings (SSSR count). The van der Waals surface area contributed by atoms with Crippen LogP contribution in [0.4, 0.5) is 4.39 Å². The Morgan fingerprint density at radius 3 is 2.67 bits per heavy atom. The van der Waals surface area contributed by atoms with E-state index in [4.69, 9.17) is 0 Å². The average Bonchev–Trinajstić information content (AvgIpc) is 2.32. The molecule has 1 aliphatic heterocycles. The van der Waals surface area contributed by atoms with E-state index in [1.54, 1.807) is 6.92 Å². The first-order valence-electron chi connectivity index (χ1n) is 5.98. The third-order valence-corrected chi connectivity index (χ3v) is 4.54. The summed E-state index contributed by atoms with van der Waals surface area (Å²) in [6.45, 7) is 1.72. The summed E-state index contributed by atoms with van der Waals surface area (Å²) < 4.78 is 24.2. The molecule has 0 aromatic heterocycles. The second-order valence-electron chi connectivity index (χ2n) is 4.56. The van der Waals surface area contributed by atoms with Crippen LogP contribution in [0.25, 0.3) is 0 Å². The molecule has 0 unspecified atom stereocenters. The quantitative estimate of drug-likeness (QED) is 0.889. The van der Waals surface area contributed by atoms with Crippen molar-refractivity contribution in [2.75, 3.05) is 11.5 Å². The highest BCUT2D eigenvalue weighted by Gasteiger charge is 2.20. The molecule has 0 spiro atoms. The van der Waals surface area contributed by atoms with E-state index in [0.717, 1.165) is 12.8 Å². The zero-order chi connectivity index (χ0) is 13.1. The third-order valence-electron chi connectivity index (χ3n) is 3.16. The van der Waals surface area contributed by atoms with Crippen LogP contribution in [0.3, 0.4) is 0 Å². The highest BCUT2D eigenvalue weighted by molar-refractivity contribution is 7.85. The van der Waals surface area contributed by atoms with Crippen molar-refractivity contribution in [1.82, 2.24) is 5.32 Å². The van der Waals surface area contributed by atoms with Crippen LogP contribution in [-0.4, -0.2) is 27.7 Å². The summed E-state index contributed by atoms with van der Waals surface area (Å²) in [5.74, 6) is 0.781. The largest absolute Gasteiger partial charge is 0.349 e. The molecule has 1 aromatic carbocycles. The minimum Gasteiger partial charge on any atom is -0.349 e. The fourth-order valence-electron chi connectivity index (χ4n) is 2.08. The summed E-state index contributed by atoms with van der Waals surface area (Å²) in [4.78, 5) is 12.0. The topological polar surface area (TPSA) is 46.2 Å². The van der Waals surface area contributed by atoms with Gasteiger partial charge in [0.2, 0.25) is 0 Å². The molecule has 0 bridgehead atoms. The minimum atomic E-state index is -0.729. The lowest BCUT2D eigenvalue weighted by molar-refractivity contribution is 0.0934. The number of hydrogen-bond acceptors (Lipinski definition) is 2. The van der Waals surface area contributed by atoms with Crippen LogP contribution in [0.5, 0.6) is 0 Å². The molecule has 1 amide bonds. The standard InChI is InChI=1S/C13H16FNO2S/c1-9-8-10(14)2-3-12(9)13(16)15-11-4-6-18(17)7-5-11/h2-3,8,11H,4-7H2,1H3,(H,15,16). The van der Waals surface area contributed by atoms with Crippen LogP contribution in [0.1, 0.15) is 28.8 Å². The van der Waals surface area contributed by atoms with Gasteiger partial charge in [-0.05, 0) is 43.5 Å². The van der Waals surface area contributed by atoms with Crippen LogP contribution < -0.4 is 5.32 Å². The SMILES string of the molecule is Cc1cc(F)ccc1C(=O)NC1CCS(=O)CC1. The Hall–Kier alpha value is -1.23. The van der Waals surface area contributed by atoms with Gasteiger partial charge in [-0.3, -0.25) is 9.00 Å². The molecule has 1 saturated heterocycles. The third kappa shape index (κ3) is 3.16. The molecular formula is C13H16FNO2S. The maximum absolute atomic E-state index is 12.9. The zero-order valence-electron chi connectivity index (χ0n) is 10.2. The van der Waals surface area contributed by atoms with Gasteiger partial charge >= 0.3 is 0 Å². The Kier molecular flexibility index (Phi) is 4.11. The van der Waals surface area contributed by atoms with Crippen molar-refractivity contribution in [1.29, 1.82) is 0 Å². The van der Waals surface area contributed by atoms with E-state index >= 15 is 0 Å². The number of aryl methyl sites for hydroxylation is 1. The molecule has 0 saturated carbocycles. The summed E-state index contributed by atoms with van der Waals surface area (Å²) in [5, 5.41) is 2.92. The van der Waals surface area contributed by atoms with Crippen molar-refractivity contribution in [3.63, 3.8) is 0 Å². The van der Waals surface area contributed by atoms with Crippen molar-refractivity contribution in [2.24, 2.45) is 0 Å². The molecular weight excluding hydrogens is 253 g/mol. The number of nitrogens with one attached hydrogen (secondary N) is 1. The second kappa shape index (κ2) is 5.61. The number of benzene rings is 1. The predicted octanol–water partition coefficient (Wildman–Crippen LogP) is 1.78. The Labute approximate surface area is 108 Å². The van der Waals surface area contributed by atoms with Crippen molar-refractivity contribution in [3.05, 3.63) is 35.1 Å². The van der Waals surface area contributed by atoms with Crippen molar-refractivity contribution >= 4 is 16.7 Å². The predicted molar refractivity (Wildman–Crippen MR) is 69.5 cm³/mol. The first-order chi connectivity index (χ1) is 8.56. The van der Waals surface area contributed by atoms with Crippen LogP contribution in [0, 0.1) is 12.7 Å². The van der Waals surface area contributed by atoms with Gasteiger partial charge in [0, 0.05) is 33.9 Å². The number of hydrogen-bond donors (Lipinski definition) is 1. The van der Waals surface area contributed by atoms with Gasteiger partial charge in [0.15, 0.2) is 0 Å². The van der Waals surface area contributed by atoms with E-state index in [1.807, 2.05) is 0 Å². The van der Waals surface area contributed by atoms with Crippen LogP contribution >= 0.6 is 0 Å². The van der Waals surface area contributed by atoms with Crippen LogP contribution in [0.2, 0.25) is 0 Å². The van der Waals surface area contributed by atoms with E-state index in [-0.39, 0.29) is 17.8 Å². The molecule has 98 valence electrons. The van der Waals surface area contributed by atoms with Gasteiger partial charge in [-0.2, -0.15) is 0 Å². The van der Waals surface area contributed by atoms with Gasteiger partial charge in [0.25, 0.3) is 5.91 Å². The maximum atomic E-state index is 12.9. The number of carbonyl (C=O) groups excluding carboxylic acids is 1. The molecule has 0 atom stereocenters. The molecule has 0 aliphatic carbocycles. The summed E-state index contributed by atoms with van der Waals surface area (Å²) >= 11 is 0. The molecule has 3 nitrogen and oxygen atoms in total. The Morgan fingerprint density at radius 1 is 1.39 bits per heavy atom. The van der Waals surface area contributed by atoms with Gasteiger partial charge in [-0.1, -0.05) is 0 Å². The zero-order valence-corrected chi connectivity index (χ0v) is 11.1. The Balaban J connectivity index is 2.01. The molecule has 1 N–H and O–H groups in total. The first kappa shape index (κ1) is 13.2. The molecule has 5 heteroatoms. The number of rotatable bonds is 2. The lowest BCUT2D eigenvalue weighted by Crippen LogP contribution is -2.39. The molecule has 1 heterocycles. The lowest BCUT2D eigenvalue weighted by Gasteiger charge is -2.22. The normalized spacial score (nSPS) is 23.7. The lowest BCUT2D eigenvalue weighted by atomic mass is 10.1. The van der Waals surface area contributed by atoms with Gasteiger partial charge in [0.1, 0.15) is 5.82 Å². The van der Waals surface area contributed by atoms with Crippen molar-refractivity contribution in [3.8, 4) is 0 Å². The maximum Gasteiger partial charge on any atom is 0.251 e. The molecule has 1 fully saturated rings. The van der Waals surface area contributed by atoms with E-state index in [9.17, 15) is 13.4 Å². The van der Waals surface area contributed by atoms with E-state index in [0.29, 0.717) is 22.6 Å². The van der Waals surface area contributed by atoms with Gasteiger partial charge in [-0.15, -0.1) is 0 Å². The van der Waals surface area contributed by atoms with E-state index < -0.39 is 10.8 Å². The van der Waals surface area contributed by atoms with Gasteiger partial charge in [-0.25, -0.2) is 4.39 Å².